The molecule has 1 aromatic carbocycles. The Labute approximate surface area is 106 Å². The van der Waals surface area contributed by atoms with Gasteiger partial charge in [0.15, 0.2) is 0 Å². The van der Waals surface area contributed by atoms with Crippen molar-refractivity contribution in [2.45, 2.75) is 13.0 Å². The van der Waals surface area contributed by atoms with Gasteiger partial charge in [0.2, 0.25) is 0 Å². The number of nitriles is 1. The van der Waals surface area contributed by atoms with Crippen molar-refractivity contribution >= 4 is 15.7 Å². The van der Waals surface area contributed by atoms with Crippen LogP contribution < -0.4 is 5.32 Å². The summed E-state index contributed by atoms with van der Waals surface area (Å²) in [6, 6.07) is 7.70. The number of carbonyl (C=O) groups excluding carboxylic acids is 1. The molecular formula is C12H14N2O3S. The highest BCUT2D eigenvalue weighted by Gasteiger charge is 2.14. The summed E-state index contributed by atoms with van der Waals surface area (Å²) in [5, 5.41) is 11.3. The Bertz CT molecular complexity index is 588. The molecule has 1 N–H and O–H groups in total. The lowest BCUT2D eigenvalue weighted by Gasteiger charge is -2.12. The first-order valence-electron chi connectivity index (χ1n) is 5.30. The van der Waals surface area contributed by atoms with Crippen LogP contribution in [0.2, 0.25) is 0 Å². The van der Waals surface area contributed by atoms with Crippen LogP contribution in [0.15, 0.2) is 24.3 Å². The fraction of sp³-hybridized carbons (Fsp3) is 0.333. The summed E-state index contributed by atoms with van der Waals surface area (Å²) in [6.07, 6.45) is 1.12. The molecule has 1 aromatic rings. The fourth-order valence-corrected chi connectivity index (χ4v) is 2.52. The molecule has 5 nitrogen and oxygen atoms in total. The number of hydrogen-bond donors (Lipinski definition) is 1. The number of rotatable bonds is 4. The minimum absolute atomic E-state index is 0.114. The molecule has 0 bridgehead atoms. The van der Waals surface area contributed by atoms with Crippen LogP contribution in [0.3, 0.4) is 0 Å². The smallest absolute Gasteiger partial charge is 0.251 e. The number of amides is 1. The van der Waals surface area contributed by atoms with Gasteiger partial charge in [-0.1, -0.05) is 6.07 Å². The van der Waals surface area contributed by atoms with E-state index in [2.05, 4.69) is 5.32 Å². The molecule has 0 fully saturated rings. The van der Waals surface area contributed by atoms with Crippen molar-refractivity contribution in [3.8, 4) is 6.07 Å². The topological polar surface area (TPSA) is 87.0 Å². The first-order chi connectivity index (χ1) is 8.31. The van der Waals surface area contributed by atoms with Crippen molar-refractivity contribution in [3.05, 3.63) is 35.4 Å². The van der Waals surface area contributed by atoms with Gasteiger partial charge in [0.05, 0.1) is 17.4 Å². The van der Waals surface area contributed by atoms with Gasteiger partial charge in [0, 0.05) is 17.9 Å². The molecule has 0 aliphatic rings. The van der Waals surface area contributed by atoms with E-state index in [1.54, 1.807) is 25.1 Å². The van der Waals surface area contributed by atoms with Gasteiger partial charge in [-0.2, -0.15) is 5.26 Å². The summed E-state index contributed by atoms with van der Waals surface area (Å²) in [7, 11) is -3.13. The van der Waals surface area contributed by atoms with Crippen LogP contribution in [0, 0.1) is 11.3 Å². The van der Waals surface area contributed by atoms with E-state index in [4.69, 9.17) is 5.26 Å². The Morgan fingerprint density at radius 3 is 2.72 bits per heavy atom. The predicted octanol–water partition coefficient (Wildman–Crippen LogP) is 0.721. The number of hydrogen-bond acceptors (Lipinski definition) is 4. The van der Waals surface area contributed by atoms with Gasteiger partial charge in [-0.15, -0.1) is 0 Å². The number of benzene rings is 1. The summed E-state index contributed by atoms with van der Waals surface area (Å²) in [5.41, 5.74) is 0.729. The maximum Gasteiger partial charge on any atom is 0.251 e. The molecule has 0 saturated carbocycles. The van der Waals surface area contributed by atoms with Gasteiger partial charge in [0.1, 0.15) is 9.84 Å². The highest BCUT2D eigenvalue weighted by atomic mass is 32.2. The van der Waals surface area contributed by atoms with E-state index in [0.717, 1.165) is 6.26 Å². The van der Waals surface area contributed by atoms with Crippen molar-refractivity contribution in [2.75, 3.05) is 12.0 Å². The molecule has 1 unspecified atom stereocenters. The zero-order chi connectivity index (χ0) is 13.8. The molecule has 1 rings (SSSR count). The summed E-state index contributed by atoms with van der Waals surface area (Å²) in [6.45, 7) is 1.62. The molecule has 96 valence electrons. The number of nitrogens with one attached hydrogen (secondary N) is 1. The van der Waals surface area contributed by atoms with Gasteiger partial charge in [-0.05, 0) is 25.1 Å². The zero-order valence-corrected chi connectivity index (χ0v) is 11.0. The molecule has 1 amide bonds. The van der Waals surface area contributed by atoms with Crippen LogP contribution in [-0.2, 0) is 9.84 Å². The van der Waals surface area contributed by atoms with Crippen molar-refractivity contribution in [3.63, 3.8) is 0 Å². The molecule has 1 atom stereocenters. The average molecular weight is 266 g/mol. The van der Waals surface area contributed by atoms with Crippen LogP contribution in [0.1, 0.15) is 22.8 Å². The van der Waals surface area contributed by atoms with Crippen LogP contribution in [-0.4, -0.2) is 32.4 Å². The van der Waals surface area contributed by atoms with Gasteiger partial charge < -0.3 is 5.32 Å². The van der Waals surface area contributed by atoms with Crippen LogP contribution in [0.25, 0.3) is 0 Å². The molecule has 0 radical (unpaired) electrons. The lowest BCUT2D eigenvalue weighted by molar-refractivity contribution is 0.0943. The van der Waals surface area contributed by atoms with E-state index in [1.165, 1.54) is 6.07 Å². The largest absolute Gasteiger partial charge is 0.349 e. The maximum absolute atomic E-state index is 11.8. The minimum atomic E-state index is -3.13. The fourth-order valence-electron chi connectivity index (χ4n) is 1.53. The second-order valence-electron chi connectivity index (χ2n) is 4.16. The maximum atomic E-state index is 11.8. The molecule has 6 heteroatoms. The minimum Gasteiger partial charge on any atom is -0.349 e. The third-order valence-electron chi connectivity index (χ3n) is 2.18. The Morgan fingerprint density at radius 2 is 2.17 bits per heavy atom. The van der Waals surface area contributed by atoms with Crippen molar-refractivity contribution in [1.29, 1.82) is 5.26 Å². The summed E-state index contributed by atoms with van der Waals surface area (Å²) in [5.74, 6) is -0.500. The van der Waals surface area contributed by atoms with Crippen molar-refractivity contribution in [2.24, 2.45) is 0 Å². The number of carbonyl (C=O) groups is 1. The molecule has 18 heavy (non-hydrogen) atoms. The van der Waals surface area contributed by atoms with E-state index < -0.39 is 15.9 Å². The van der Waals surface area contributed by atoms with Crippen LogP contribution >= 0.6 is 0 Å². The first-order valence-corrected chi connectivity index (χ1v) is 7.36. The zero-order valence-electron chi connectivity index (χ0n) is 10.2. The van der Waals surface area contributed by atoms with Gasteiger partial charge >= 0.3 is 0 Å². The van der Waals surface area contributed by atoms with E-state index in [9.17, 15) is 13.2 Å². The summed E-state index contributed by atoms with van der Waals surface area (Å²) < 4.78 is 22.1. The molecular weight excluding hydrogens is 252 g/mol. The molecule has 0 aliphatic carbocycles. The second kappa shape index (κ2) is 5.65. The lowest BCUT2D eigenvalue weighted by Crippen LogP contribution is -2.37. The van der Waals surface area contributed by atoms with Crippen LogP contribution in [0.5, 0.6) is 0 Å². The Morgan fingerprint density at radius 1 is 1.50 bits per heavy atom. The Hall–Kier alpha value is -1.87. The standard InChI is InChI=1S/C12H14N2O3S/c1-9(8-18(2,16)17)14-12(15)11-5-3-4-10(6-11)7-13/h3-6,9H,8H2,1-2H3,(H,14,15). The third kappa shape index (κ3) is 4.55. The summed E-state index contributed by atoms with van der Waals surface area (Å²) in [4.78, 5) is 11.8. The van der Waals surface area contributed by atoms with Crippen LogP contribution in [0.4, 0.5) is 0 Å². The molecule has 0 spiro atoms. The Balaban J connectivity index is 2.74. The first kappa shape index (κ1) is 14.2. The normalized spacial score (nSPS) is 12.5. The quantitative estimate of drug-likeness (QED) is 0.870. The number of sulfone groups is 1. The Kier molecular flexibility index (Phi) is 4.45. The van der Waals surface area contributed by atoms with Crippen molar-refractivity contribution in [1.82, 2.24) is 5.32 Å². The monoisotopic (exact) mass is 266 g/mol. The van der Waals surface area contributed by atoms with Crippen molar-refractivity contribution < 1.29 is 13.2 Å². The molecule has 0 aliphatic heterocycles. The SMILES string of the molecule is CC(CS(C)(=O)=O)NC(=O)c1cccc(C#N)c1. The third-order valence-corrected chi connectivity index (χ3v) is 3.29. The molecule has 0 saturated heterocycles. The average Bonchev–Trinajstić information content (AvgIpc) is 2.26. The highest BCUT2D eigenvalue weighted by molar-refractivity contribution is 7.90. The predicted molar refractivity (Wildman–Crippen MR) is 67.8 cm³/mol. The van der Waals surface area contributed by atoms with E-state index in [0.29, 0.717) is 11.1 Å². The van der Waals surface area contributed by atoms with Gasteiger partial charge in [0.25, 0.3) is 5.91 Å². The van der Waals surface area contributed by atoms with E-state index in [-0.39, 0.29) is 11.7 Å². The lowest BCUT2D eigenvalue weighted by atomic mass is 10.1. The number of nitrogens with zero attached hydrogens (tertiary/aromatic N) is 1. The molecule has 0 heterocycles. The van der Waals surface area contributed by atoms with Gasteiger partial charge in [-0.25, -0.2) is 8.42 Å². The highest BCUT2D eigenvalue weighted by Crippen LogP contribution is 2.04. The second-order valence-corrected chi connectivity index (χ2v) is 6.34. The van der Waals surface area contributed by atoms with Gasteiger partial charge in [-0.3, -0.25) is 4.79 Å². The van der Waals surface area contributed by atoms with E-state index in [1.807, 2.05) is 6.07 Å². The molecule has 0 aromatic heterocycles. The van der Waals surface area contributed by atoms with E-state index >= 15 is 0 Å². The summed E-state index contributed by atoms with van der Waals surface area (Å²) >= 11 is 0.